The number of nitrogens with zero attached hydrogens (tertiary/aromatic N) is 1. The van der Waals surface area contributed by atoms with E-state index < -0.39 is 27.8 Å². The zero-order valence-corrected chi connectivity index (χ0v) is 26.4. The molecule has 3 rings (SSSR count). The minimum Gasteiger partial charge on any atom is -0.480 e. The van der Waals surface area contributed by atoms with Gasteiger partial charge in [0.15, 0.2) is 0 Å². The lowest BCUT2D eigenvalue weighted by Crippen LogP contribution is -2.48. The molecule has 2 aromatic carbocycles. The van der Waals surface area contributed by atoms with Crippen LogP contribution >= 0.6 is 0 Å². The van der Waals surface area contributed by atoms with Crippen molar-refractivity contribution in [3.05, 3.63) is 59.2 Å². The maximum Gasteiger partial charge on any atom is 0.326 e. The summed E-state index contributed by atoms with van der Waals surface area (Å²) in [6.45, 7) is 11.9. The minimum absolute atomic E-state index is 0.00334. The number of carbonyl (C=O) groups is 2. The standard InChI is InChI=1S/C33H48N2O5S/c1-23(2)35(33(4,5)21-25-13-8-7-9-14-25)22-26-16-17-28(29(20-26)27-15-11-10-12-24(27)3)31(36)34-30(32(37)38)18-19-41(6,39)40/h10-12,15-17,20,23,25,30H,7-9,13-14,18-19,21-22H2,1-6H3,(H,34,36)(H,37,38). The zero-order valence-electron chi connectivity index (χ0n) is 25.6. The van der Waals surface area contributed by atoms with Gasteiger partial charge in [0.05, 0.1) is 5.75 Å². The lowest BCUT2D eigenvalue weighted by Gasteiger charge is -2.44. The molecular weight excluding hydrogens is 536 g/mol. The molecule has 8 heteroatoms. The number of aryl methyl sites for hydroxylation is 1. The lowest BCUT2D eigenvalue weighted by atomic mass is 9.79. The minimum atomic E-state index is -3.38. The van der Waals surface area contributed by atoms with Crippen molar-refractivity contribution in [1.29, 1.82) is 0 Å². The highest BCUT2D eigenvalue weighted by molar-refractivity contribution is 7.90. The van der Waals surface area contributed by atoms with Gasteiger partial charge in [-0.3, -0.25) is 9.69 Å². The molecular formula is C33H48N2O5S. The first-order chi connectivity index (χ1) is 19.2. The van der Waals surface area contributed by atoms with Gasteiger partial charge in [-0.15, -0.1) is 0 Å². The molecule has 0 spiro atoms. The molecule has 0 heterocycles. The van der Waals surface area contributed by atoms with Crippen molar-refractivity contribution in [2.24, 2.45) is 5.92 Å². The van der Waals surface area contributed by atoms with E-state index in [0.717, 1.165) is 47.4 Å². The van der Waals surface area contributed by atoms with Gasteiger partial charge in [0.1, 0.15) is 15.9 Å². The molecule has 0 aliphatic heterocycles. The molecule has 2 N–H and O–H groups in total. The van der Waals surface area contributed by atoms with Gasteiger partial charge in [-0.2, -0.15) is 0 Å². The van der Waals surface area contributed by atoms with Crippen molar-refractivity contribution in [3.8, 4) is 11.1 Å². The Kier molecular flexibility index (Phi) is 11.2. The molecule has 0 bridgehead atoms. The van der Waals surface area contributed by atoms with Crippen molar-refractivity contribution in [2.75, 3.05) is 12.0 Å². The van der Waals surface area contributed by atoms with Crippen LogP contribution in [0.2, 0.25) is 0 Å². The van der Waals surface area contributed by atoms with Crippen LogP contribution in [-0.2, 0) is 21.2 Å². The van der Waals surface area contributed by atoms with Crippen LogP contribution in [0.15, 0.2) is 42.5 Å². The number of rotatable bonds is 13. The average molecular weight is 585 g/mol. The number of carboxylic acids is 1. The Morgan fingerprint density at radius 3 is 2.29 bits per heavy atom. The Morgan fingerprint density at radius 2 is 1.71 bits per heavy atom. The third kappa shape index (κ3) is 9.40. The second-order valence-electron chi connectivity index (χ2n) is 12.7. The van der Waals surface area contributed by atoms with Crippen LogP contribution in [0.4, 0.5) is 0 Å². The Hall–Kier alpha value is -2.71. The zero-order chi connectivity index (χ0) is 30.4. The lowest BCUT2D eigenvalue weighted by molar-refractivity contribution is -0.139. The molecule has 1 fully saturated rings. The van der Waals surface area contributed by atoms with Gasteiger partial charge < -0.3 is 10.4 Å². The van der Waals surface area contributed by atoms with E-state index in [-0.39, 0.29) is 17.7 Å². The molecule has 1 atom stereocenters. The van der Waals surface area contributed by atoms with Gasteiger partial charge in [-0.1, -0.05) is 62.4 Å². The molecule has 1 aliphatic carbocycles. The third-order valence-electron chi connectivity index (χ3n) is 8.41. The van der Waals surface area contributed by atoms with Crippen molar-refractivity contribution in [2.45, 2.75) is 104 Å². The van der Waals surface area contributed by atoms with Crippen LogP contribution < -0.4 is 5.32 Å². The van der Waals surface area contributed by atoms with Gasteiger partial charge in [-0.25, -0.2) is 13.2 Å². The van der Waals surface area contributed by atoms with Gasteiger partial charge >= 0.3 is 5.97 Å². The van der Waals surface area contributed by atoms with Crippen molar-refractivity contribution < 1.29 is 23.1 Å². The second kappa shape index (κ2) is 14.0. The van der Waals surface area contributed by atoms with Crippen molar-refractivity contribution in [3.63, 3.8) is 0 Å². The summed E-state index contributed by atoms with van der Waals surface area (Å²) in [5.41, 5.74) is 4.09. The van der Waals surface area contributed by atoms with E-state index >= 15 is 0 Å². The van der Waals surface area contributed by atoms with E-state index in [2.05, 4.69) is 44.0 Å². The number of amides is 1. The Bertz CT molecular complexity index is 1310. The number of hydrogen-bond donors (Lipinski definition) is 2. The van der Waals surface area contributed by atoms with Crippen LogP contribution in [-0.4, -0.2) is 59.9 Å². The van der Waals surface area contributed by atoms with Crippen molar-refractivity contribution >= 4 is 21.7 Å². The molecule has 0 aromatic heterocycles. The van der Waals surface area contributed by atoms with Crippen LogP contribution in [0, 0.1) is 12.8 Å². The van der Waals surface area contributed by atoms with E-state index in [0.29, 0.717) is 11.6 Å². The van der Waals surface area contributed by atoms with Crippen LogP contribution in [0.25, 0.3) is 11.1 Å². The highest BCUT2D eigenvalue weighted by Crippen LogP contribution is 2.36. The normalized spacial score (nSPS) is 15.7. The highest BCUT2D eigenvalue weighted by atomic mass is 32.2. The molecule has 0 saturated heterocycles. The van der Waals surface area contributed by atoms with Gasteiger partial charge in [0.25, 0.3) is 5.91 Å². The molecule has 226 valence electrons. The first-order valence-electron chi connectivity index (χ1n) is 14.8. The van der Waals surface area contributed by atoms with E-state index in [1.807, 2.05) is 37.3 Å². The van der Waals surface area contributed by atoms with Crippen LogP contribution in [0.3, 0.4) is 0 Å². The van der Waals surface area contributed by atoms with Crippen molar-refractivity contribution in [1.82, 2.24) is 10.2 Å². The molecule has 0 radical (unpaired) electrons. The van der Waals surface area contributed by atoms with Gasteiger partial charge in [0, 0.05) is 29.9 Å². The predicted molar refractivity (Wildman–Crippen MR) is 166 cm³/mol. The summed E-state index contributed by atoms with van der Waals surface area (Å²) in [4.78, 5) is 27.9. The monoisotopic (exact) mass is 584 g/mol. The summed E-state index contributed by atoms with van der Waals surface area (Å²) in [5, 5.41) is 12.2. The van der Waals surface area contributed by atoms with E-state index in [4.69, 9.17) is 0 Å². The fraction of sp³-hybridized carbons (Fsp3) is 0.576. The summed E-state index contributed by atoms with van der Waals surface area (Å²) in [7, 11) is -3.38. The first-order valence-corrected chi connectivity index (χ1v) is 16.9. The molecule has 1 aliphatic rings. The fourth-order valence-electron chi connectivity index (χ4n) is 6.32. The van der Waals surface area contributed by atoms with Gasteiger partial charge in [0.2, 0.25) is 0 Å². The number of aliphatic carboxylic acids is 1. The maximum absolute atomic E-state index is 13.5. The van der Waals surface area contributed by atoms with Crippen LogP contribution in [0.1, 0.15) is 94.1 Å². The average Bonchev–Trinajstić information content (AvgIpc) is 2.89. The largest absolute Gasteiger partial charge is 0.480 e. The summed E-state index contributed by atoms with van der Waals surface area (Å²) in [6.07, 6.45) is 8.61. The molecule has 7 nitrogen and oxygen atoms in total. The molecule has 41 heavy (non-hydrogen) atoms. The van der Waals surface area contributed by atoms with E-state index in [1.54, 1.807) is 6.07 Å². The SMILES string of the molecule is Cc1ccccc1-c1cc(CN(C(C)C)C(C)(C)CC2CCCCC2)ccc1C(=O)NC(CCS(C)(=O)=O)C(=O)O. The maximum atomic E-state index is 13.5. The number of hydrogen-bond acceptors (Lipinski definition) is 5. The third-order valence-corrected chi connectivity index (χ3v) is 9.39. The highest BCUT2D eigenvalue weighted by Gasteiger charge is 2.32. The number of carbonyl (C=O) groups excluding carboxylic acids is 1. The quantitative estimate of drug-likeness (QED) is 0.289. The molecule has 2 aromatic rings. The number of benzene rings is 2. The Morgan fingerprint density at radius 1 is 1.05 bits per heavy atom. The fourth-order valence-corrected chi connectivity index (χ4v) is 6.98. The number of sulfone groups is 1. The summed E-state index contributed by atoms with van der Waals surface area (Å²) in [5.74, 6) is -1.37. The second-order valence-corrected chi connectivity index (χ2v) is 15.0. The van der Waals surface area contributed by atoms with Crippen LogP contribution in [0.5, 0.6) is 0 Å². The summed E-state index contributed by atoms with van der Waals surface area (Å²) < 4.78 is 23.3. The predicted octanol–water partition coefficient (Wildman–Crippen LogP) is 6.24. The summed E-state index contributed by atoms with van der Waals surface area (Å²) in [6, 6.07) is 12.6. The van der Waals surface area contributed by atoms with Gasteiger partial charge in [-0.05, 0) is 87.8 Å². The Labute approximate surface area is 246 Å². The number of carboxylic acid groups (broad SMARTS) is 1. The number of nitrogens with one attached hydrogen (secondary N) is 1. The topological polar surface area (TPSA) is 104 Å². The van der Waals surface area contributed by atoms with E-state index in [1.165, 1.54) is 32.1 Å². The smallest absolute Gasteiger partial charge is 0.326 e. The first kappa shape index (κ1) is 32.8. The molecule has 1 saturated carbocycles. The Balaban J connectivity index is 1.94. The van der Waals surface area contributed by atoms with E-state index in [9.17, 15) is 23.1 Å². The molecule has 1 unspecified atom stereocenters. The summed E-state index contributed by atoms with van der Waals surface area (Å²) >= 11 is 0. The molecule has 1 amide bonds.